The number of hydrogen-bond donors (Lipinski definition) is 2. The zero-order valence-corrected chi connectivity index (χ0v) is 14.4. The number of H-pyrrole nitrogens is 1. The van der Waals surface area contributed by atoms with Crippen molar-refractivity contribution >= 4 is 17.0 Å². The van der Waals surface area contributed by atoms with Crippen LogP contribution in [0.5, 0.6) is 0 Å². The number of hydrogen-bond acceptors (Lipinski definition) is 5. The van der Waals surface area contributed by atoms with Crippen LogP contribution < -0.4 is 5.73 Å². The van der Waals surface area contributed by atoms with Crippen molar-refractivity contribution in [3.05, 3.63) is 54.0 Å². The molecule has 26 heavy (non-hydrogen) atoms. The van der Waals surface area contributed by atoms with Crippen LogP contribution in [0.1, 0.15) is 18.2 Å². The molecule has 0 radical (unpaired) electrons. The van der Waals surface area contributed by atoms with Crippen LogP contribution in [0.3, 0.4) is 0 Å². The summed E-state index contributed by atoms with van der Waals surface area (Å²) >= 11 is 0. The van der Waals surface area contributed by atoms with E-state index in [1.807, 2.05) is 32.2 Å². The third-order valence-corrected chi connectivity index (χ3v) is 4.35. The minimum atomic E-state index is -0.494. The molecule has 0 aliphatic carbocycles. The van der Waals surface area contributed by atoms with E-state index in [0.717, 1.165) is 51.1 Å². The Balaban J connectivity index is 1.89. The molecule has 0 aliphatic rings. The molecule has 3 N–H and O–H groups in total. The molecule has 6 nitrogen and oxygen atoms in total. The van der Waals surface area contributed by atoms with Crippen molar-refractivity contribution in [2.24, 2.45) is 0 Å². The molecule has 0 unspecified atom stereocenters. The second-order valence-electron chi connectivity index (χ2n) is 6.10. The number of pyridine rings is 2. The Morgan fingerprint density at radius 2 is 1.92 bits per heavy atom. The molecule has 0 atom stereocenters. The Labute approximate surface area is 149 Å². The average molecular weight is 348 g/mol. The molecule has 0 saturated heterocycles. The third kappa shape index (κ3) is 2.77. The highest BCUT2D eigenvalue weighted by atomic mass is 19.1. The van der Waals surface area contributed by atoms with Gasteiger partial charge in [-0.2, -0.15) is 4.39 Å². The molecule has 0 saturated carbocycles. The second kappa shape index (κ2) is 6.18. The molecule has 130 valence electrons. The monoisotopic (exact) mass is 348 g/mol. The Hall–Kier alpha value is -3.35. The Morgan fingerprint density at radius 3 is 2.69 bits per heavy atom. The van der Waals surface area contributed by atoms with Crippen LogP contribution >= 0.6 is 0 Å². The van der Waals surface area contributed by atoms with Crippen molar-refractivity contribution in [1.82, 2.24) is 24.9 Å². The SMILES string of the molecule is CCc1cc(-c2c[nH]c3ncc(-c4cnc(F)cc4C)cc23)nc(N)n1. The molecule has 0 bridgehead atoms. The minimum absolute atomic E-state index is 0.247. The van der Waals surface area contributed by atoms with Gasteiger partial charge in [0.25, 0.3) is 0 Å². The summed E-state index contributed by atoms with van der Waals surface area (Å²) in [5.41, 5.74) is 11.6. The first-order valence-electron chi connectivity index (χ1n) is 8.28. The second-order valence-corrected chi connectivity index (χ2v) is 6.10. The lowest BCUT2D eigenvalue weighted by molar-refractivity contribution is 0.583. The van der Waals surface area contributed by atoms with Crippen molar-refractivity contribution in [3.63, 3.8) is 0 Å². The number of nitrogen functional groups attached to an aromatic ring is 1. The third-order valence-electron chi connectivity index (χ3n) is 4.35. The van der Waals surface area contributed by atoms with Crippen LogP contribution in [0.15, 0.2) is 36.8 Å². The predicted molar refractivity (Wildman–Crippen MR) is 98.8 cm³/mol. The number of aromatic nitrogens is 5. The molecule has 4 rings (SSSR count). The van der Waals surface area contributed by atoms with Gasteiger partial charge in [0.15, 0.2) is 0 Å². The molecule has 4 heterocycles. The van der Waals surface area contributed by atoms with Gasteiger partial charge in [-0.3, -0.25) is 0 Å². The van der Waals surface area contributed by atoms with Crippen LogP contribution in [0, 0.1) is 12.9 Å². The van der Waals surface area contributed by atoms with Gasteiger partial charge < -0.3 is 10.7 Å². The molecular formula is C19H17FN6. The standard InChI is InChI=1S/C19H17FN6/c1-3-12-6-16(26-19(21)25-12)15-9-24-18-13(15)5-11(7-23-18)14-8-22-17(20)4-10(14)2/h4-9H,3H2,1-2H3,(H,23,24)(H2,21,25,26). The number of anilines is 1. The van der Waals surface area contributed by atoms with Gasteiger partial charge in [0.2, 0.25) is 11.9 Å². The highest BCUT2D eigenvalue weighted by molar-refractivity contribution is 5.95. The lowest BCUT2D eigenvalue weighted by Crippen LogP contribution is -2.00. The number of halogens is 1. The zero-order chi connectivity index (χ0) is 18.3. The van der Waals surface area contributed by atoms with Crippen molar-refractivity contribution < 1.29 is 4.39 Å². The number of aryl methyl sites for hydroxylation is 2. The van der Waals surface area contributed by atoms with Crippen molar-refractivity contribution in [1.29, 1.82) is 0 Å². The number of nitrogens with two attached hydrogens (primary N) is 1. The van der Waals surface area contributed by atoms with Crippen molar-refractivity contribution in [2.75, 3.05) is 5.73 Å². The molecule has 0 aliphatic heterocycles. The number of nitrogens with zero attached hydrogens (tertiary/aromatic N) is 4. The highest BCUT2D eigenvalue weighted by Gasteiger charge is 2.13. The highest BCUT2D eigenvalue weighted by Crippen LogP contribution is 2.31. The summed E-state index contributed by atoms with van der Waals surface area (Å²) in [5, 5.41) is 0.909. The fourth-order valence-corrected chi connectivity index (χ4v) is 3.02. The van der Waals surface area contributed by atoms with Gasteiger partial charge in [-0.25, -0.2) is 19.9 Å². The maximum atomic E-state index is 13.3. The van der Waals surface area contributed by atoms with E-state index in [1.165, 1.54) is 12.3 Å². The van der Waals surface area contributed by atoms with E-state index in [1.54, 1.807) is 6.20 Å². The van der Waals surface area contributed by atoms with Crippen LogP contribution in [0.25, 0.3) is 33.4 Å². The molecule has 4 aromatic rings. The number of rotatable bonds is 3. The summed E-state index contributed by atoms with van der Waals surface area (Å²) < 4.78 is 13.3. The summed E-state index contributed by atoms with van der Waals surface area (Å²) in [7, 11) is 0. The first-order chi connectivity index (χ1) is 12.5. The maximum absolute atomic E-state index is 13.3. The van der Waals surface area contributed by atoms with Gasteiger partial charge in [0, 0.05) is 46.4 Å². The van der Waals surface area contributed by atoms with Crippen LogP contribution in [0.4, 0.5) is 10.3 Å². The van der Waals surface area contributed by atoms with Crippen molar-refractivity contribution in [2.45, 2.75) is 20.3 Å². The number of aromatic amines is 1. The zero-order valence-electron chi connectivity index (χ0n) is 14.4. The average Bonchev–Trinajstić information content (AvgIpc) is 3.04. The van der Waals surface area contributed by atoms with Crippen LogP contribution in [-0.2, 0) is 6.42 Å². The number of fused-ring (bicyclic) bond motifs is 1. The first-order valence-corrected chi connectivity index (χ1v) is 8.28. The van der Waals surface area contributed by atoms with E-state index in [-0.39, 0.29) is 5.95 Å². The van der Waals surface area contributed by atoms with Gasteiger partial charge >= 0.3 is 0 Å². The Morgan fingerprint density at radius 1 is 1.08 bits per heavy atom. The van der Waals surface area contributed by atoms with E-state index < -0.39 is 5.95 Å². The fourth-order valence-electron chi connectivity index (χ4n) is 3.02. The van der Waals surface area contributed by atoms with Crippen molar-refractivity contribution in [3.8, 4) is 22.4 Å². The topological polar surface area (TPSA) is 93.4 Å². The van der Waals surface area contributed by atoms with Gasteiger partial charge in [-0.1, -0.05) is 6.92 Å². The van der Waals surface area contributed by atoms with Gasteiger partial charge in [-0.05, 0) is 37.1 Å². The Kier molecular flexibility index (Phi) is 3.84. The summed E-state index contributed by atoms with van der Waals surface area (Å²) in [6.45, 7) is 3.87. The summed E-state index contributed by atoms with van der Waals surface area (Å²) in [4.78, 5) is 20.0. The molecular weight excluding hydrogens is 331 g/mol. The molecule has 7 heteroatoms. The quantitative estimate of drug-likeness (QED) is 0.551. The smallest absolute Gasteiger partial charge is 0.220 e. The van der Waals surface area contributed by atoms with Crippen LogP contribution in [-0.4, -0.2) is 24.9 Å². The Bertz CT molecular complexity index is 1120. The molecule has 4 aromatic heterocycles. The lowest BCUT2D eigenvalue weighted by Gasteiger charge is -2.07. The molecule has 0 fully saturated rings. The first kappa shape index (κ1) is 16.1. The fraction of sp³-hybridized carbons (Fsp3) is 0.158. The van der Waals surface area contributed by atoms with E-state index in [2.05, 4.69) is 24.9 Å². The summed E-state index contributed by atoms with van der Waals surface area (Å²) in [5.74, 6) is -0.248. The van der Waals surface area contributed by atoms with E-state index >= 15 is 0 Å². The van der Waals surface area contributed by atoms with E-state index in [9.17, 15) is 4.39 Å². The number of nitrogens with one attached hydrogen (secondary N) is 1. The van der Waals surface area contributed by atoms with Gasteiger partial charge in [0.05, 0.1) is 5.69 Å². The summed E-state index contributed by atoms with van der Waals surface area (Å²) in [6, 6.07) is 5.34. The minimum Gasteiger partial charge on any atom is -0.368 e. The lowest BCUT2D eigenvalue weighted by atomic mass is 10.0. The molecule has 0 amide bonds. The van der Waals surface area contributed by atoms with Gasteiger partial charge in [-0.15, -0.1) is 0 Å². The largest absolute Gasteiger partial charge is 0.368 e. The normalized spacial score (nSPS) is 11.2. The predicted octanol–water partition coefficient (Wildman–Crippen LogP) is 3.67. The van der Waals surface area contributed by atoms with E-state index in [4.69, 9.17) is 5.73 Å². The molecule has 0 aromatic carbocycles. The molecule has 0 spiro atoms. The van der Waals surface area contributed by atoms with E-state index in [0.29, 0.717) is 0 Å². The van der Waals surface area contributed by atoms with Gasteiger partial charge in [0.1, 0.15) is 5.65 Å². The maximum Gasteiger partial charge on any atom is 0.220 e. The van der Waals surface area contributed by atoms with Crippen LogP contribution in [0.2, 0.25) is 0 Å². The summed E-state index contributed by atoms with van der Waals surface area (Å²) in [6.07, 6.45) is 5.90.